The summed E-state index contributed by atoms with van der Waals surface area (Å²) in [5, 5.41) is 2.97. The number of carbonyl (C=O) groups excluding carboxylic acids is 1. The molecular formula is C15H17N3O2. The van der Waals surface area contributed by atoms with E-state index in [1.54, 1.807) is 31.3 Å². The molecule has 0 bridgehead atoms. The van der Waals surface area contributed by atoms with Gasteiger partial charge in [0.1, 0.15) is 11.4 Å². The predicted molar refractivity (Wildman–Crippen MR) is 79.5 cm³/mol. The van der Waals surface area contributed by atoms with Crippen molar-refractivity contribution in [3.8, 4) is 5.75 Å². The van der Waals surface area contributed by atoms with E-state index in [0.29, 0.717) is 5.69 Å². The lowest BCUT2D eigenvalue weighted by Crippen LogP contribution is -2.26. The first-order chi connectivity index (χ1) is 9.65. The number of anilines is 2. The number of nitrogens with one attached hydrogen (secondary N) is 1. The normalized spacial score (nSPS) is 9.95. The van der Waals surface area contributed by atoms with Crippen LogP contribution in [0.5, 0.6) is 5.75 Å². The van der Waals surface area contributed by atoms with Gasteiger partial charge >= 0.3 is 0 Å². The number of nitrogens with zero attached hydrogens (tertiary/aromatic N) is 2. The van der Waals surface area contributed by atoms with Gasteiger partial charge in [-0.2, -0.15) is 0 Å². The van der Waals surface area contributed by atoms with Gasteiger partial charge in [-0.3, -0.25) is 4.79 Å². The minimum absolute atomic E-state index is 0.155. The van der Waals surface area contributed by atoms with E-state index in [1.807, 2.05) is 37.4 Å². The van der Waals surface area contributed by atoms with Gasteiger partial charge in [-0.25, -0.2) is 4.98 Å². The van der Waals surface area contributed by atoms with Crippen LogP contribution in [0.25, 0.3) is 0 Å². The van der Waals surface area contributed by atoms with Gasteiger partial charge in [-0.05, 0) is 36.4 Å². The number of ether oxygens (including phenoxy) is 1. The van der Waals surface area contributed by atoms with Crippen molar-refractivity contribution in [2.75, 3.05) is 31.4 Å². The Labute approximate surface area is 118 Å². The molecule has 0 aliphatic heterocycles. The molecule has 2 rings (SSSR count). The monoisotopic (exact) mass is 271 g/mol. The first-order valence-corrected chi connectivity index (χ1v) is 6.21. The smallest absolute Gasteiger partial charge is 0.276 e. The first-order valence-electron chi connectivity index (χ1n) is 6.21. The third kappa shape index (κ3) is 2.88. The molecule has 0 spiro atoms. The number of aromatic nitrogens is 1. The summed E-state index contributed by atoms with van der Waals surface area (Å²) in [5.41, 5.74) is 2.06. The number of hydrogen-bond donors (Lipinski definition) is 1. The molecule has 0 saturated heterocycles. The van der Waals surface area contributed by atoms with Crippen molar-refractivity contribution < 1.29 is 9.53 Å². The summed E-state index contributed by atoms with van der Waals surface area (Å²) in [5.74, 6) is 0.601. The molecular weight excluding hydrogens is 254 g/mol. The van der Waals surface area contributed by atoms with Crippen LogP contribution in [0.1, 0.15) is 10.5 Å². The van der Waals surface area contributed by atoms with E-state index in [-0.39, 0.29) is 5.91 Å². The number of amides is 1. The molecule has 5 nitrogen and oxygen atoms in total. The van der Waals surface area contributed by atoms with Crippen molar-refractivity contribution in [2.24, 2.45) is 0 Å². The summed E-state index contributed by atoms with van der Waals surface area (Å²) in [4.78, 5) is 18.0. The second kappa shape index (κ2) is 6.06. The second-order valence-corrected chi connectivity index (χ2v) is 4.24. The highest BCUT2D eigenvalue weighted by atomic mass is 16.5. The Morgan fingerprint density at radius 2 is 1.90 bits per heavy atom. The van der Waals surface area contributed by atoms with Crippen LogP contribution in [-0.2, 0) is 0 Å². The molecule has 0 aliphatic rings. The summed E-state index contributed by atoms with van der Waals surface area (Å²) in [6, 6.07) is 10.8. The fraction of sp³-hybridized carbons (Fsp3) is 0.200. The highest BCUT2D eigenvalue weighted by Gasteiger charge is 2.14. The summed E-state index contributed by atoms with van der Waals surface area (Å²) in [6.07, 6.45) is 1.63. The van der Waals surface area contributed by atoms with Crippen LogP contribution >= 0.6 is 0 Å². The molecule has 1 aromatic carbocycles. The van der Waals surface area contributed by atoms with Gasteiger partial charge in [0, 0.05) is 19.8 Å². The minimum Gasteiger partial charge on any atom is -0.497 e. The fourth-order valence-electron chi connectivity index (χ4n) is 1.76. The van der Waals surface area contributed by atoms with Crippen molar-refractivity contribution in [3.63, 3.8) is 0 Å². The Morgan fingerprint density at radius 1 is 1.20 bits per heavy atom. The van der Waals surface area contributed by atoms with Gasteiger partial charge in [0.05, 0.1) is 19.0 Å². The van der Waals surface area contributed by atoms with E-state index < -0.39 is 0 Å². The molecule has 5 heteroatoms. The van der Waals surface area contributed by atoms with Crippen molar-refractivity contribution in [3.05, 3.63) is 48.3 Å². The maximum Gasteiger partial charge on any atom is 0.276 e. The standard InChI is InChI=1S/C15H17N3O2/c1-16-11-4-9-14(17-10-11)15(19)18(2)12-5-7-13(20-3)8-6-12/h4-10,16H,1-3H3. The van der Waals surface area contributed by atoms with Gasteiger partial charge < -0.3 is 15.0 Å². The molecule has 0 saturated carbocycles. The van der Waals surface area contributed by atoms with E-state index >= 15 is 0 Å². The summed E-state index contributed by atoms with van der Waals surface area (Å²) in [6.45, 7) is 0. The van der Waals surface area contributed by atoms with Crippen LogP contribution < -0.4 is 15.0 Å². The van der Waals surface area contributed by atoms with Gasteiger partial charge in [-0.15, -0.1) is 0 Å². The number of hydrogen-bond acceptors (Lipinski definition) is 4. The van der Waals surface area contributed by atoms with Gasteiger partial charge in [-0.1, -0.05) is 0 Å². The predicted octanol–water partition coefficient (Wildman–Crippen LogP) is 2.41. The third-order valence-corrected chi connectivity index (χ3v) is 3.04. The first kappa shape index (κ1) is 13.9. The number of carbonyl (C=O) groups is 1. The average molecular weight is 271 g/mol. The lowest BCUT2D eigenvalue weighted by Gasteiger charge is -2.17. The Bertz CT molecular complexity index is 579. The van der Waals surface area contributed by atoms with E-state index in [9.17, 15) is 4.79 Å². The lowest BCUT2D eigenvalue weighted by molar-refractivity contribution is 0.0988. The van der Waals surface area contributed by atoms with Gasteiger partial charge in [0.25, 0.3) is 5.91 Å². The molecule has 1 N–H and O–H groups in total. The van der Waals surface area contributed by atoms with E-state index in [1.165, 1.54) is 0 Å². The van der Waals surface area contributed by atoms with Crippen molar-refractivity contribution in [1.82, 2.24) is 4.98 Å². The number of methoxy groups -OCH3 is 1. The maximum atomic E-state index is 12.3. The Kier molecular flexibility index (Phi) is 4.20. The quantitative estimate of drug-likeness (QED) is 0.927. The highest BCUT2D eigenvalue weighted by Crippen LogP contribution is 2.19. The van der Waals surface area contributed by atoms with E-state index in [2.05, 4.69) is 10.3 Å². The van der Waals surface area contributed by atoms with Crippen molar-refractivity contribution in [1.29, 1.82) is 0 Å². The third-order valence-electron chi connectivity index (χ3n) is 3.04. The molecule has 0 fully saturated rings. The molecule has 20 heavy (non-hydrogen) atoms. The molecule has 2 aromatic rings. The molecule has 104 valence electrons. The Balaban J connectivity index is 2.17. The molecule has 0 aliphatic carbocycles. The molecule has 1 heterocycles. The van der Waals surface area contributed by atoms with Crippen LogP contribution in [0.3, 0.4) is 0 Å². The van der Waals surface area contributed by atoms with Crippen LogP contribution in [0.15, 0.2) is 42.6 Å². The minimum atomic E-state index is -0.155. The Morgan fingerprint density at radius 3 is 2.40 bits per heavy atom. The number of benzene rings is 1. The molecule has 0 atom stereocenters. The summed E-state index contributed by atoms with van der Waals surface area (Å²) < 4.78 is 5.10. The lowest BCUT2D eigenvalue weighted by atomic mass is 10.2. The zero-order chi connectivity index (χ0) is 14.5. The van der Waals surface area contributed by atoms with Crippen LogP contribution in [0.2, 0.25) is 0 Å². The number of pyridine rings is 1. The van der Waals surface area contributed by atoms with Crippen LogP contribution in [-0.4, -0.2) is 32.1 Å². The van der Waals surface area contributed by atoms with Crippen LogP contribution in [0.4, 0.5) is 11.4 Å². The topological polar surface area (TPSA) is 54.5 Å². The highest BCUT2D eigenvalue weighted by molar-refractivity contribution is 6.04. The average Bonchev–Trinajstić information content (AvgIpc) is 2.53. The van der Waals surface area contributed by atoms with Gasteiger partial charge in [0.2, 0.25) is 0 Å². The molecule has 0 radical (unpaired) electrons. The van der Waals surface area contributed by atoms with Crippen LogP contribution in [0, 0.1) is 0 Å². The Hall–Kier alpha value is -2.56. The SMILES string of the molecule is CNc1ccc(C(=O)N(C)c2ccc(OC)cc2)nc1. The molecule has 1 aromatic heterocycles. The van der Waals surface area contributed by atoms with E-state index in [0.717, 1.165) is 17.1 Å². The number of rotatable bonds is 4. The molecule has 0 unspecified atom stereocenters. The second-order valence-electron chi connectivity index (χ2n) is 4.24. The largest absolute Gasteiger partial charge is 0.497 e. The van der Waals surface area contributed by atoms with Crippen molar-refractivity contribution in [2.45, 2.75) is 0 Å². The molecule has 1 amide bonds. The summed E-state index contributed by atoms with van der Waals surface area (Å²) in [7, 11) is 5.14. The van der Waals surface area contributed by atoms with Crippen molar-refractivity contribution >= 4 is 17.3 Å². The van der Waals surface area contributed by atoms with E-state index in [4.69, 9.17) is 4.74 Å². The zero-order valence-corrected chi connectivity index (χ0v) is 11.8. The maximum absolute atomic E-state index is 12.3. The van der Waals surface area contributed by atoms with Gasteiger partial charge in [0.15, 0.2) is 0 Å². The fourth-order valence-corrected chi connectivity index (χ4v) is 1.76. The zero-order valence-electron chi connectivity index (χ0n) is 11.8. The summed E-state index contributed by atoms with van der Waals surface area (Å²) >= 11 is 0.